The molecule has 0 aromatic carbocycles. The second-order valence-corrected chi connectivity index (χ2v) is 4.83. The first-order chi connectivity index (χ1) is 9.50. The Bertz CT molecular complexity index is 437. The van der Waals surface area contributed by atoms with Gasteiger partial charge in [-0.25, -0.2) is 19.3 Å². The number of aliphatic carboxylic acids is 1. The van der Waals surface area contributed by atoms with Crippen molar-refractivity contribution in [3.8, 4) is 0 Å². The van der Waals surface area contributed by atoms with Gasteiger partial charge in [0.2, 0.25) is 0 Å². The number of hydrogen-bond acceptors (Lipinski definition) is 5. The highest BCUT2D eigenvalue weighted by Crippen LogP contribution is 2.07. The van der Waals surface area contributed by atoms with E-state index >= 15 is 0 Å². The molecule has 0 aromatic heterocycles. The van der Waals surface area contributed by atoms with E-state index in [1.165, 1.54) is 40.0 Å². The number of hydrogen-bond donors (Lipinski definition) is 2. The highest BCUT2D eigenvalue weighted by atomic mass is 16.4. The third-order valence-electron chi connectivity index (χ3n) is 2.98. The minimum atomic E-state index is -1.82. The van der Waals surface area contributed by atoms with Crippen LogP contribution in [0.1, 0.15) is 13.3 Å². The molecule has 9 nitrogen and oxygen atoms in total. The van der Waals surface area contributed by atoms with E-state index in [0.717, 1.165) is 9.80 Å². The van der Waals surface area contributed by atoms with Crippen molar-refractivity contribution < 1.29 is 29.4 Å². The molecule has 0 aliphatic heterocycles. The number of aliphatic hydroxyl groups excluding tert-OH is 1. The van der Waals surface area contributed by atoms with E-state index in [1.807, 2.05) is 0 Å². The largest absolute Gasteiger partial charge is 0.479 e. The summed E-state index contributed by atoms with van der Waals surface area (Å²) in [5, 5.41) is 17.7. The van der Waals surface area contributed by atoms with Crippen LogP contribution in [0.3, 0.4) is 0 Å². The molecule has 0 rings (SSSR count). The lowest BCUT2D eigenvalue weighted by Crippen LogP contribution is -2.51. The SMILES string of the molecule is C[C@@H](C(=O)CC(O)C(=O)O)N(C)C(=O)N(C)C(=O)N(C)C. The number of urea groups is 2. The van der Waals surface area contributed by atoms with E-state index in [4.69, 9.17) is 10.2 Å². The highest BCUT2D eigenvalue weighted by molar-refractivity contribution is 5.96. The van der Waals surface area contributed by atoms with Crippen LogP contribution in [0.2, 0.25) is 0 Å². The van der Waals surface area contributed by atoms with Gasteiger partial charge in [-0.3, -0.25) is 4.79 Å². The third-order valence-corrected chi connectivity index (χ3v) is 2.98. The number of carboxylic acids is 1. The molecule has 21 heavy (non-hydrogen) atoms. The van der Waals surface area contributed by atoms with Crippen molar-refractivity contribution in [3.63, 3.8) is 0 Å². The molecule has 0 aliphatic rings. The summed E-state index contributed by atoms with van der Waals surface area (Å²) < 4.78 is 0. The molecule has 0 radical (unpaired) electrons. The Labute approximate surface area is 122 Å². The van der Waals surface area contributed by atoms with Gasteiger partial charge in [0.05, 0.1) is 6.04 Å². The third kappa shape index (κ3) is 5.03. The summed E-state index contributed by atoms with van der Waals surface area (Å²) >= 11 is 0. The summed E-state index contributed by atoms with van der Waals surface area (Å²) in [4.78, 5) is 49.0. The zero-order valence-electron chi connectivity index (χ0n) is 12.7. The van der Waals surface area contributed by atoms with Crippen LogP contribution < -0.4 is 0 Å². The number of rotatable bonds is 5. The molecule has 0 saturated carbocycles. The van der Waals surface area contributed by atoms with Crippen molar-refractivity contribution in [2.75, 3.05) is 28.2 Å². The van der Waals surface area contributed by atoms with Crippen molar-refractivity contribution in [1.82, 2.24) is 14.7 Å². The van der Waals surface area contributed by atoms with Gasteiger partial charge in [-0.1, -0.05) is 0 Å². The second kappa shape index (κ2) is 7.58. The number of carbonyl (C=O) groups is 4. The number of nitrogens with zero attached hydrogens (tertiary/aromatic N) is 3. The fraction of sp³-hybridized carbons (Fsp3) is 0.667. The average molecular weight is 303 g/mol. The average Bonchev–Trinajstić information content (AvgIpc) is 2.42. The molecule has 4 amide bonds. The Hall–Kier alpha value is -2.16. The molecule has 0 bridgehead atoms. The van der Waals surface area contributed by atoms with Crippen molar-refractivity contribution in [1.29, 1.82) is 0 Å². The van der Waals surface area contributed by atoms with Gasteiger partial charge in [0.25, 0.3) is 0 Å². The van der Waals surface area contributed by atoms with E-state index in [9.17, 15) is 19.2 Å². The van der Waals surface area contributed by atoms with Crippen LogP contribution in [0.5, 0.6) is 0 Å². The Morgan fingerprint density at radius 3 is 1.86 bits per heavy atom. The first-order valence-corrected chi connectivity index (χ1v) is 6.16. The zero-order chi connectivity index (χ0) is 16.9. The molecule has 0 saturated heterocycles. The van der Waals surface area contributed by atoms with Gasteiger partial charge < -0.3 is 20.0 Å². The first-order valence-electron chi connectivity index (χ1n) is 6.16. The van der Waals surface area contributed by atoms with Gasteiger partial charge >= 0.3 is 18.0 Å². The molecule has 120 valence electrons. The molecular formula is C12H21N3O6. The molecule has 0 aliphatic carbocycles. The Morgan fingerprint density at radius 1 is 1.00 bits per heavy atom. The summed E-state index contributed by atoms with van der Waals surface area (Å²) in [5.74, 6) is -2.13. The predicted octanol–water partition coefficient (Wildman–Crippen LogP) is -0.555. The number of Topliss-reactive ketones (excluding diaryl/α,β-unsaturated/α-hetero) is 1. The molecule has 0 fully saturated rings. The van der Waals surface area contributed by atoms with E-state index < -0.39 is 42.4 Å². The second-order valence-electron chi connectivity index (χ2n) is 4.83. The standard InChI is InChI=1S/C12H21N3O6/c1-7(8(16)6-9(17)10(18)19)14(4)12(21)15(5)11(20)13(2)3/h7,9,17H,6H2,1-5H3,(H,18,19)/t7-,9?/m0/s1. The number of imide groups is 1. The predicted molar refractivity (Wildman–Crippen MR) is 72.7 cm³/mol. The van der Waals surface area contributed by atoms with Gasteiger partial charge in [-0.05, 0) is 6.92 Å². The van der Waals surface area contributed by atoms with Crippen molar-refractivity contribution in [2.24, 2.45) is 0 Å². The van der Waals surface area contributed by atoms with E-state index in [1.54, 1.807) is 0 Å². The maximum absolute atomic E-state index is 12.0. The van der Waals surface area contributed by atoms with Gasteiger partial charge in [0.1, 0.15) is 0 Å². The number of carbonyl (C=O) groups excluding carboxylic acids is 3. The number of aliphatic hydroxyl groups is 1. The van der Waals surface area contributed by atoms with E-state index in [-0.39, 0.29) is 0 Å². The van der Waals surface area contributed by atoms with Gasteiger partial charge in [-0.15, -0.1) is 0 Å². The number of carboxylic acid groups (broad SMARTS) is 1. The fourth-order valence-corrected chi connectivity index (χ4v) is 1.45. The number of ketones is 1. The Kier molecular flexibility index (Phi) is 6.80. The summed E-state index contributed by atoms with van der Waals surface area (Å²) in [7, 11) is 5.54. The number of amides is 4. The summed E-state index contributed by atoms with van der Waals surface area (Å²) in [6, 6.07) is -2.24. The molecule has 0 spiro atoms. The minimum Gasteiger partial charge on any atom is -0.479 e. The minimum absolute atomic E-state index is 0.558. The molecule has 2 N–H and O–H groups in total. The molecule has 0 aromatic rings. The van der Waals surface area contributed by atoms with Crippen molar-refractivity contribution in [2.45, 2.75) is 25.5 Å². The fourth-order valence-electron chi connectivity index (χ4n) is 1.45. The highest BCUT2D eigenvalue weighted by Gasteiger charge is 2.30. The van der Waals surface area contributed by atoms with Crippen LogP contribution in [-0.2, 0) is 9.59 Å². The van der Waals surface area contributed by atoms with Crippen LogP contribution in [0.4, 0.5) is 9.59 Å². The van der Waals surface area contributed by atoms with Crippen LogP contribution in [0, 0.1) is 0 Å². The van der Waals surface area contributed by atoms with Crippen molar-refractivity contribution >= 4 is 23.8 Å². The topological polar surface area (TPSA) is 118 Å². The quantitative estimate of drug-likeness (QED) is 0.703. The first kappa shape index (κ1) is 18.8. The van der Waals surface area contributed by atoms with Crippen LogP contribution in [-0.4, -0.2) is 89.1 Å². The maximum atomic E-state index is 12.0. The van der Waals surface area contributed by atoms with Gasteiger partial charge in [0, 0.05) is 34.6 Å². The lowest BCUT2D eigenvalue weighted by Gasteiger charge is -2.29. The molecule has 0 heterocycles. The van der Waals surface area contributed by atoms with Gasteiger partial charge in [0.15, 0.2) is 11.9 Å². The monoisotopic (exact) mass is 303 g/mol. The van der Waals surface area contributed by atoms with Crippen LogP contribution in [0.25, 0.3) is 0 Å². The molecule has 1 unspecified atom stereocenters. The van der Waals surface area contributed by atoms with E-state index in [2.05, 4.69) is 0 Å². The van der Waals surface area contributed by atoms with E-state index in [0.29, 0.717) is 0 Å². The van der Waals surface area contributed by atoms with Crippen molar-refractivity contribution in [3.05, 3.63) is 0 Å². The lowest BCUT2D eigenvalue weighted by atomic mass is 10.1. The number of likely N-dealkylation sites (N-methyl/N-ethyl adjacent to an activating group) is 1. The smallest absolute Gasteiger partial charge is 0.332 e. The Balaban J connectivity index is 4.80. The van der Waals surface area contributed by atoms with Gasteiger partial charge in [-0.2, -0.15) is 0 Å². The zero-order valence-corrected chi connectivity index (χ0v) is 12.7. The normalized spacial score (nSPS) is 13.0. The lowest BCUT2D eigenvalue weighted by molar-refractivity contribution is -0.149. The molecular weight excluding hydrogens is 282 g/mol. The summed E-state index contributed by atoms with van der Waals surface area (Å²) in [5.41, 5.74) is 0. The maximum Gasteiger partial charge on any atom is 0.332 e. The summed E-state index contributed by atoms with van der Waals surface area (Å²) in [6.45, 7) is 1.39. The molecule has 9 heteroatoms. The van der Waals surface area contributed by atoms with Crippen LogP contribution in [0.15, 0.2) is 0 Å². The Morgan fingerprint density at radius 2 is 1.48 bits per heavy atom. The summed E-state index contributed by atoms with van der Waals surface area (Å²) in [6.07, 6.45) is -2.43. The van der Waals surface area contributed by atoms with Crippen LogP contribution >= 0.6 is 0 Å². The molecule has 2 atom stereocenters.